The summed E-state index contributed by atoms with van der Waals surface area (Å²) in [6.07, 6.45) is 14.4. The van der Waals surface area contributed by atoms with Crippen molar-refractivity contribution < 1.29 is 0 Å². The van der Waals surface area contributed by atoms with Crippen molar-refractivity contribution in [2.45, 2.75) is 55.7 Å². The molecule has 0 radical (unpaired) electrons. The molecule has 1 aromatic rings. The van der Waals surface area contributed by atoms with Crippen LogP contribution in [0.2, 0.25) is 0 Å². The number of imidazole rings is 1. The van der Waals surface area contributed by atoms with Gasteiger partial charge in [0, 0.05) is 35.6 Å². The summed E-state index contributed by atoms with van der Waals surface area (Å²) >= 11 is 2.04. The lowest BCUT2D eigenvalue weighted by molar-refractivity contribution is 0.339. The van der Waals surface area contributed by atoms with Crippen molar-refractivity contribution >= 4 is 11.8 Å². The maximum atomic E-state index is 4.44. The van der Waals surface area contributed by atoms with E-state index in [9.17, 15) is 0 Å². The van der Waals surface area contributed by atoms with E-state index in [1.54, 1.807) is 0 Å². The Balaban J connectivity index is 1.69. The molecule has 3 nitrogen and oxygen atoms in total. The van der Waals surface area contributed by atoms with E-state index in [1.165, 1.54) is 50.8 Å². The first-order chi connectivity index (χ1) is 9.38. The lowest BCUT2D eigenvalue weighted by Crippen LogP contribution is -2.30. The maximum Gasteiger partial charge on any atom is 0.0950 e. The van der Waals surface area contributed by atoms with Crippen LogP contribution in [0.3, 0.4) is 0 Å². The number of aromatic nitrogens is 2. The highest BCUT2D eigenvalue weighted by atomic mass is 32.2. The number of hydrogen-bond donors (Lipinski definition) is 1. The molecule has 19 heavy (non-hydrogen) atoms. The lowest BCUT2D eigenvalue weighted by Gasteiger charge is -2.31. The van der Waals surface area contributed by atoms with Crippen molar-refractivity contribution in [1.82, 2.24) is 14.9 Å². The predicted molar refractivity (Wildman–Crippen MR) is 81.9 cm³/mol. The molecule has 2 fully saturated rings. The van der Waals surface area contributed by atoms with Crippen LogP contribution in [-0.2, 0) is 0 Å². The standard InChI is InChI=1S/C15H25N3S/c1-19-14-6-4-13(5-7-14)18-11-17-10-15(18)12-3-2-8-16-9-12/h10-14,16H,2-9H2,1H3. The summed E-state index contributed by atoms with van der Waals surface area (Å²) in [5.74, 6) is 0.675. The maximum absolute atomic E-state index is 4.44. The first-order valence-electron chi connectivity index (χ1n) is 7.63. The molecule has 1 unspecified atom stereocenters. The molecule has 106 valence electrons. The summed E-state index contributed by atoms with van der Waals surface area (Å²) < 4.78 is 2.49. The lowest BCUT2D eigenvalue weighted by atomic mass is 9.92. The van der Waals surface area contributed by atoms with Gasteiger partial charge in [0.05, 0.1) is 6.33 Å². The average Bonchev–Trinajstić information content (AvgIpc) is 2.98. The summed E-state index contributed by atoms with van der Waals surface area (Å²) in [5, 5.41) is 4.41. The SMILES string of the molecule is CSC1CCC(n2cncc2C2CCCNC2)CC1. The minimum Gasteiger partial charge on any atom is -0.331 e. The molecule has 1 N–H and O–H groups in total. The zero-order valence-corrected chi connectivity index (χ0v) is 12.7. The van der Waals surface area contributed by atoms with Crippen LogP contribution in [0.4, 0.5) is 0 Å². The molecule has 0 amide bonds. The quantitative estimate of drug-likeness (QED) is 0.921. The normalized spacial score (nSPS) is 32.4. The second-order valence-electron chi connectivity index (χ2n) is 5.94. The summed E-state index contributed by atoms with van der Waals surface area (Å²) in [6, 6.07) is 0.697. The molecule has 1 saturated heterocycles. The van der Waals surface area contributed by atoms with Gasteiger partial charge in [-0.05, 0) is 51.3 Å². The average molecular weight is 279 g/mol. The summed E-state index contributed by atoms with van der Waals surface area (Å²) in [6.45, 7) is 2.31. The number of piperidine rings is 1. The van der Waals surface area contributed by atoms with Crippen molar-refractivity contribution in [1.29, 1.82) is 0 Å². The third-order valence-corrected chi connectivity index (χ3v) is 5.92. The number of nitrogens with zero attached hydrogens (tertiary/aromatic N) is 2. The van der Waals surface area contributed by atoms with E-state index in [2.05, 4.69) is 33.6 Å². The summed E-state index contributed by atoms with van der Waals surface area (Å²) in [7, 11) is 0. The number of thioether (sulfide) groups is 1. The molecule has 1 aliphatic heterocycles. The molecule has 1 saturated carbocycles. The fourth-order valence-corrected chi connectivity index (χ4v) is 4.34. The van der Waals surface area contributed by atoms with Crippen molar-refractivity contribution in [3.05, 3.63) is 18.2 Å². The van der Waals surface area contributed by atoms with Gasteiger partial charge in [0.1, 0.15) is 0 Å². The number of hydrogen-bond acceptors (Lipinski definition) is 3. The highest BCUT2D eigenvalue weighted by Gasteiger charge is 2.26. The Kier molecular flexibility index (Phi) is 4.49. The summed E-state index contributed by atoms with van der Waals surface area (Å²) in [4.78, 5) is 4.44. The molecule has 4 heteroatoms. The van der Waals surface area contributed by atoms with Crippen LogP contribution in [0.15, 0.2) is 12.5 Å². The van der Waals surface area contributed by atoms with Crippen LogP contribution in [0.1, 0.15) is 56.2 Å². The molecule has 2 heterocycles. The Labute approximate surface area is 120 Å². The molecule has 1 atom stereocenters. The molecule has 1 aromatic heterocycles. The molecule has 2 aliphatic rings. The number of nitrogens with one attached hydrogen (secondary N) is 1. The van der Waals surface area contributed by atoms with E-state index in [1.807, 2.05) is 11.8 Å². The first-order valence-corrected chi connectivity index (χ1v) is 8.92. The van der Waals surface area contributed by atoms with Gasteiger partial charge in [0.2, 0.25) is 0 Å². The third kappa shape index (κ3) is 3.00. The molecule has 0 spiro atoms. The van der Waals surface area contributed by atoms with E-state index >= 15 is 0 Å². The predicted octanol–water partition coefficient (Wildman–Crippen LogP) is 3.20. The van der Waals surface area contributed by atoms with Gasteiger partial charge in [-0.2, -0.15) is 11.8 Å². The molecule has 3 rings (SSSR count). The van der Waals surface area contributed by atoms with Gasteiger partial charge < -0.3 is 9.88 Å². The van der Waals surface area contributed by atoms with Gasteiger partial charge in [-0.1, -0.05) is 0 Å². The number of rotatable bonds is 3. The molecule has 1 aliphatic carbocycles. The van der Waals surface area contributed by atoms with Crippen LogP contribution < -0.4 is 5.32 Å². The molecule has 0 bridgehead atoms. The smallest absolute Gasteiger partial charge is 0.0950 e. The second kappa shape index (κ2) is 6.31. The van der Waals surface area contributed by atoms with Crippen LogP contribution in [0, 0.1) is 0 Å². The van der Waals surface area contributed by atoms with Crippen LogP contribution in [0.25, 0.3) is 0 Å². The molecular formula is C15H25N3S. The van der Waals surface area contributed by atoms with Gasteiger partial charge in [-0.15, -0.1) is 0 Å². The second-order valence-corrected chi connectivity index (χ2v) is 7.07. The topological polar surface area (TPSA) is 29.9 Å². The van der Waals surface area contributed by atoms with E-state index in [-0.39, 0.29) is 0 Å². The van der Waals surface area contributed by atoms with E-state index in [0.29, 0.717) is 12.0 Å². The minimum atomic E-state index is 0.675. The Morgan fingerprint density at radius 2 is 2.11 bits per heavy atom. The van der Waals surface area contributed by atoms with E-state index in [0.717, 1.165) is 11.8 Å². The van der Waals surface area contributed by atoms with Gasteiger partial charge in [0.25, 0.3) is 0 Å². The van der Waals surface area contributed by atoms with E-state index < -0.39 is 0 Å². The third-order valence-electron chi connectivity index (χ3n) is 4.78. The van der Waals surface area contributed by atoms with Crippen LogP contribution >= 0.6 is 11.8 Å². The van der Waals surface area contributed by atoms with Crippen molar-refractivity contribution in [3.63, 3.8) is 0 Å². The highest BCUT2D eigenvalue weighted by molar-refractivity contribution is 7.99. The van der Waals surface area contributed by atoms with Crippen molar-refractivity contribution in [2.24, 2.45) is 0 Å². The molecular weight excluding hydrogens is 254 g/mol. The van der Waals surface area contributed by atoms with Gasteiger partial charge in [-0.3, -0.25) is 0 Å². The fraction of sp³-hybridized carbons (Fsp3) is 0.800. The Morgan fingerprint density at radius 1 is 1.26 bits per heavy atom. The Hall–Kier alpha value is -0.480. The monoisotopic (exact) mass is 279 g/mol. The molecule has 0 aromatic carbocycles. The zero-order valence-electron chi connectivity index (χ0n) is 11.8. The van der Waals surface area contributed by atoms with Gasteiger partial charge >= 0.3 is 0 Å². The van der Waals surface area contributed by atoms with Crippen molar-refractivity contribution in [2.75, 3.05) is 19.3 Å². The Bertz CT molecular complexity index is 390. The van der Waals surface area contributed by atoms with Gasteiger partial charge in [0.15, 0.2) is 0 Å². The van der Waals surface area contributed by atoms with Crippen LogP contribution in [0.5, 0.6) is 0 Å². The largest absolute Gasteiger partial charge is 0.331 e. The summed E-state index contributed by atoms with van der Waals surface area (Å²) in [5.41, 5.74) is 1.47. The zero-order chi connectivity index (χ0) is 13.1. The first kappa shape index (κ1) is 13.5. The Morgan fingerprint density at radius 3 is 2.79 bits per heavy atom. The van der Waals surface area contributed by atoms with E-state index in [4.69, 9.17) is 0 Å². The minimum absolute atomic E-state index is 0.675. The van der Waals surface area contributed by atoms with Gasteiger partial charge in [-0.25, -0.2) is 4.98 Å². The highest BCUT2D eigenvalue weighted by Crippen LogP contribution is 2.36. The van der Waals surface area contributed by atoms with Crippen molar-refractivity contribution in [3.8, 4) is 0 Å². The van der Waals surface area contributed by atoms with Crippen LogP contribution in [-0.4, -0.2) is 34.1 Å². The fourth-order valence-electron chi connectivity index (χ4n) is 3.60.